The molecule has 0 fully saturated rings. The molecule has 0 spiro atoms. The zero-order valence-corrected chi connectivity index (χ0v) is 16.4. The first-order valence-electron chi connectivity index (χ1n) is 8.76. The van der Waals surface area contributed by atoms with Crippen LogP contribution in [0.4, 0.5) is 11.5 Å². The van der Waals surface area contributed by atoms with Gasteiger partial charge in [-0.15, -0.1) is 0 Å². The maximum Gasteiger partial charge on any atom is 0.245 e. The first-order valence-corrected chi connectivity index (χ1v) is 8.76. The van der Waals surface area contributed by atoms with Crippen molar-refractivity contribution in [1.82, 2.24) is 9.78 Å². The number of hydrogen-bond acceptors (Lipinski definition) is 3. The van der Waals surface area contributed by atoms with Crippen molar-refractivity contribution < 1.29 is 4.79 Å². The summed E-state index contributed by atoms with van der Waals surface area (Å²) in [5, 5.41) is 7.49. The van der Waals surface area contributed by atoms with Crippen molar-refractivity contribution in [1.29, 1.82) is 0 Å². The fraction of sp³-hybridized carbons (Fsp3) is 0.500. The van der Waals surface area contributed by atoms with Crippen molar-refractivity contribution in [3.63, 3.8) is 0 Å². The number of anilines is 2. The molecule has 2 aromatic rings. The van der Waals surface area contributed by atoms with Gasteiger partial charge in [-0.2, -0.15) is 5.10 Å². The van der Waals surface area contributed by atoms with Crippen molar-refractivity contribution >= 4 is 17.4 Å². The molecule has 0 radical (unpaired) electrons. The Hall–Kier alpha value is -2.30. The van der Waals surface area contributed by atoms with Crippen LogP contribution >= 0.6 is 0 Å². The number of likely N-dealkylation sites (N-methyl/N-ethyl adjacent to an activating group) is 1. The normalized spacial score (nSPS) is 11.7. The molecule has 5 nitrogen and oxygen atoms in total. The molecule has 2 rings (SSSR count). The highest BCUT2D eigenvalue weighted by atomic mass is 16.2. The van der Waals surface area contributed by atoms with Crippen molar-refractivity contribution in [3.8, 4) is 0 Å². The van der Waals surface area contributed by atoms with Crippen LogP contribution in [0.1, 0.15) is 51.8 Å². The first-order chi connectivity index (χ1) is 11.6. The lowest BCUT2D eigenvalue weighted by Crippen LogP contribution is -2.32. The lowest BCUT2D eigenvalue weighted by molar-refractivity contribution is -0.115. The molecule has 136 valence electrons. The Labute approximate surface area is 151 Å². The van der Waals surface area contributed by atoms with Gasteiger partial charge in [-0.05, 0) is 51.3 Å². The van der Waals surface area contributed by atoms with Crippen LogP contribution in [-0.4, -0.2) is 29.3 Å². The molecule has 0 atom stereocenters. The van der Waals surface area contributed by atoms with Crippen LogP contribution in [0.25, 0.3) is 0 Å². The van der Waals surface area contributed by atoms with E-state index in [0.717, 1.165) is 17.2 Å². The number of carbonyl (C=O) groups excluding carboxylic acids is 1. The minimum atomic E-state index is -0.186. The molecule has 1 aromatic heterocycles. The summed E-state index contributed by atoms with van der Waals surface area (Å²) in [4.78, 5) is 14.5. The molecule has 1 heterocycles. The average Bonchev–Trinajstić information content (AvgIpc) is 2.87. The van der Waals surface area contributed by atoms with Crippen LogP contribution in [-0.2, 0) is 10.3 Å². The number of rotatable bonds is 5. The van der Waals surface area contributed by atoms with E-state index in [1.54, 1.807) is 0 Å². The zero-order chi connectivity index (χ0) is 18.8. The number of aromatic nitrogens is 2. The van der Waals surface area contributed by atoms with E-state index in [0.29, 0.717) is 5.92 Å². The Morgan fingerprint density at radius 3 is 2.56 bits per heavy atom. The van der Waals surface area contributed by atoms with Crippen molar-refractivity contribution in [2.24, 2.45) is 0 Å². The van der Waals surface area contributed by atoms with E-state index in [1.165, 1.54) is 5.56 Å². The van der Waals surface area contributed by atoms with Crippen LogP contribution in [0.3, 0.4) is 0 Å². The molecule has 5 heteroatoms. The molecule has 1 aromatic carbocycles. The summed E-state index contributed by atoms with van der Waals surface area (Å²) in [7, 11) is 1.94. The number of carbonyl (C=O) groups is 1. The van der Waals surface area contributed by atoms with Crippen molar-refractivity contribution in [3.05, 3.63) is 41.6 Å². The minimum Gasteiger partial charge on any atom is -0.365 e. The molecule has 0 saturated heterocycles. The smallest absolute Gasteiger partial charge is 0.245 e. The third-order valence-electron chi connectivity index (χ3n) is 4.09. The number of amides is 1. The highest BCUT2D eigenvalue weighted by Gasteiger charge is 2.20. The summed E-state index contributed by atoms with van der Waals surface area (Å²) in [6.45, 7) is 12.8. The Kier molecular flexibility index (Phi) is 5.55. The summed E-state index contributed by atoms with van der Waals surface area (Å²) in [6.07, 6.45) is 0. The van der Waals surface area contributed by atoms with Crippen LogP contribution < -0.4 is 10.2 Å². The minimum absolute atomic E-state index is 0.0529. The van der Waals surface area contributed by atoms with Gasteiger partial charge in [0.2, 0.25) is 5.91 Å². The van der Waals surface area contributed by atoms with Gasteiger partial charge < -0.3 is 10.2 Å². The predicted octanol–water partition coefficient (Wildman–Crippen LogP) is 4.14. The molecule has 1 amide bonds. The van der Waals surface area contributed by atoms with E-state index in [1.807, 2.05) is 41.8 Å². The molecule has 1 N–H and O–H groups in total. The molecule has 0 aliphatic rings. The van der Waals surface area contributed by atoms with E-state index >= 15 is 0 Å². The highest BCUT2D eigenvalue weighted by Crippen LogP contribution is 2.22. The summed E-state index contributed by atoms with van der Waals surface area (Å²) >= 11 is 0. The first kappa shape index (κ1) is 19.0. The number of nitrogens with one attached hydrogen (secondary N) is 1. The Bertz CT molecular complexity index is 740. The molecule has 25 heavy (non-hydrogen) atoms. The Morgan fingerprint density at radius 2 is 1.96 bits per heavy atom. The summed E-state index contributed by atoms with van der Waals surface area (Å²) in [5.74, 6) is 1.15. The Morgan fingerprint density at radius 1 is 1.28 bits per heavy atom. The SMILES string of the molecule is Cc1cc(NC(=O)CN(C)c2cccc(C(C)C)c2)n(C(C)(C)C)n1. The van der Waals surface area contributed by atoms with Crippen molar-refractivity contribution in [2.45, 2.75) is 53.0 Å². The van der Waals surface area contributed by atoms with E-state index < -0.39 is 0 Å². The monoisotopic (exact) mass is 342 g/mol. The van der Waals surface area contributed by atoms with Gasteiger partial charge in [0, 0.05) is 18.8 Å². The second-order valence-electron chi connectivity index (χ2n) is 7.91. The van der Waals surface area contributed by atoms with Crippen LogP contribution in [0.15, 0.2) is 30.3 Å². The molecule has 0 aliphatic heterocycles. The summed E-state index contributed by atoms with van der Waals surface area (Å²) in [6, 6.07) is 10.2. The van der Waals surface area contributed by atoms with Gasteiger partial charge in [0.15, 0.2) is 0 Å². The zero-order valence-electron chi connectivity index (χ0n) is 16.4. The van der Waals surface area contributed by atoms with E-state index in [-0.39, 0.29) is 18.0 Å². The summed E-state index contributed by atoms with van der Waals surface area (Å²) < 4.78 is 1.86. The topological polar surface area (TPSA) is 50.2 Å². The van der Waals surface area contributed by atoms with Gasteiger partial charge in [0.1, 0.15) is 5.82 Å². The number of hydrogen-bond donors (Lipinski definition) is 1. The standard InChI is InChI=1S/C20H30N4O/c1-14(2)16-9-8-10-17(12-16)23(7)13-19(25)21-18-11-15(3)22-24(18)20(4,5)6/h8-12,14H,13H2,1-7H3,(H,21,25). The predicted molar refractivity (Wildman–Crippen MR) is 104 cm³/mol. The fourth-order valence-electron chi connectivity index (χ4n) is 2.71. The van der Waals surface area contributed by atoms with Gasteiger partial charge in [0.25, 0.3) is 0 Å². The molecule has 0 unspecified atom stereocenters. The lowest BCUT2D eigenvalue weighted by atomic mass is 10.0. The maximum atomic E-state index is 12.5. The maximum absolute atomic E-state index is 12.5. The summed E-state index contributed by atoms with van der Waals surface area (Å²) in [5.41, 5.74) is 3.02. The number of aryl methyl sites for hydroxylation is 1. The van der Waals surface area contributed by atoms with E-state index in [4.69, 9.17) is 0 Å². The fourth-order valence-corrected chi connectivity index (χ4v) is 2.71. The quantitative estimate of drug-likeness (QED) is 0.888. The average molecular weight is 342 g/mol. The van der Waals surface area contributed by atoms with Gasteiger partial charge in [-0.25, -0.2) is 4.68 Å². The Balaban J connectivity index is 2.09. The van der Waals surface area contributed by atoms with E-state index in [2.05, 4.69) is 57.2 Å². The van der Waals surface area contributed by atoms with Crippen LogP contribution in [0.2, 0.25) is 0 Å². The van der Waals surface area contributed by atoms with Crippen LogP contribution in [0.5, 0.6) is 0 Å². The number of benzene rings is 1. The number of nitrogens with zero attached hydrogens (tertiary/aromatic N) is 3. The largest absolute Gasteiger partial charge is 0.365 e. The molecule has 0 aliphatic carbocycles. The molecule has 0 saturated carbocycles. The van der Waals surface area contributed by atoms with Gasteiger partial charge in [-0.3, -0.25) is 4.79 Å². The van der Waals surface area contributed by atoms with Gasteiger partial charge in [-0.1, -0.05) is 26.0 Å². The molecule has 0 bridgehead atoms. The third kappa shape index (κ3) is 4.84. The molecular formula is C20H30N4O. The second kappa shape index (κ2) is 7.30. The molecular weight excluding hydrogens is 312 g/mol. The van der Waals surface area contributed by atoms with Crippen LogP contribution in [0, 0.1) is 6.92 Å². The van der Waals surface area contributed by atoms with Gasteiger partial charge >= 0.3 is 0 Å². The van der Waals surface area contributed by atoms with Gasteiger partial charge in [0.05, 0.1) is 17.8 Å². The highest BCUT2D eigenvalue weighted by molar-refractivity contribution is 5.93. The second-order valence-corrected chi connectivity index (χ2v) is 7.91. The van der Waals surface area contributed by atoms with E-state index in [9.17, 15) is 4.79 Å². The third-order valence-corrected chi connectivity index (χ3v) is 4.09. The lowest BCUT2D eigenvalue weighted by Gasteiger charge is -2.24. The van der Waals surface area contributed by atoms with Crippen molar-refractivity contribution in [2.75, 3.05) is 23.8 Å².